The van der Waals surface area contributed by atoms with Gasteiger partial charge in [-0.25, -0.2) is 0 Å². The molecule has 1 saturated heterocycles. The maximum atomic E-state index is 12.3. The minimum atomic E-state index is -4.66. The van der Waals surface area contributed by atoms with Gasteiger partial charge < -0.3 is 14.9 Å². The number of piperidine rings is 1. The van der Waals surface area contributed by atoms with Gasteiger partial charge >= 0.3 is 6.36 Å². The number of aliphatic hydroxyl groups is 1. The molecule has 2 atom stereocenters. The molecule has 5 nitrogen and oxygen atoms in total. The largest absolute Gasteiger partial charge is 0.573 e. The molecule has 26 heavy (non-hydrogen) atoms. The van der Waals surface area contributed by atoms with Crippen LogP contribution in [0.4, 0.5) is 13.2 Å². The maximum Gasteiger partial charge on any atom is 0.573 e. The Bertz CT molecular complexity index is 596. The van der Waals surface area contributed by atoms with Gasteiger partial charge in [-0.3, -0.25) is 9.69 Å². The summed E-state index contributed by atoms with van der Waals surface area (Å²) in [5.41, 5.74) is 0.787. The van der Waals surface area contributed by atoms with Crippen LogP contribution < -0.4 is 4.74 Å². The molecule has 1 saturated carbocycles. The molecule has 2 aliphatic rings. The first-order chi connectivity index (χ1) is 12.3. The first-order valence-electron chi connectivity index (χ1n) is 8.61. The van der Waals surface area contributed by atoms with Gasteiger partial charge in [0.2, 0.25) is 0 Å². The summed E-state index contributed by atoms with van der Waals surface area (Å²) < 4.78 is 40.9. The summed E-state index contributed by atoms with van der Waals surface area (Å²) in [6, 6.07) is 6.16. The van der Waals surface area contributed by atoms with E-state index in [2.05, 4.69) is 9.64 Å². The van der Waals surface area contributed by atoms with Gasteiger partial charge in [-0.05, 0) is 49.9 Å². The number of rotatable bonds is 3. The van der Waals surface area contributed by atoms with Crippen molar-refractivity contribution in [2.75, 3.05) is 13.1 Å². The molecule has 146 valence electrons. The fourth-order valence-electron chi connectivity index (χ4n) is 4.09. The van der Waals surface area contributed by atoms with Crippen LogP contribution in [0.3, 0.4) is 0 Å². The number of halogens is 3. The SMILES string of the molecule is O=CO.O[C@@H]1CCC[C@@]12CCCN(Cc1cccc(OC(F)(F)F)c1)C2. The fourth-order valence-corrected chi connectivity index (χ4v) is 4.09. The monoisotopic (exact) mass is 375 g/mol. The number of aliphatic hydroxyl groups excluding tert-OH is 1. The Hall–Kier alpha value is -1.80. The van der Waals surface area contributed by atoms with Crippen molar-refractivity contribution in [1.82, 2.24) is 4.90 Å². The highest BCUT2D eigenvalue weighted by molar-refractivity contribution is 5.32. The van der Waals surface area contributed by atoms with Crippen LogP contribution in [0.15, 0.2) is 24.3 Å². The Kier molecular flexibility index (Phi) is 6.88. The zero-order chi connectivity index (χ0) is 19.2. The molecule has 3 rings (SSSR count). The standard InChI is InChI=1S/C17H22F3NO2.CH2O2/c18-17(19,20)23-14-5-1-4-13(10-14)11-21-9-3-8-16(12-21)7-2-6-15(16)22;2-1-3/h1,4-5,10,15,22H,2-3,6-9,11-12H2;1H,(H,2,3)/t15-,16+;/m1./s1. The maximum absolute atomic E-state index is 12.3. The molecule has 1 aromatic rings. The van der Waals surface area contributed by atoms with E-state index in [1.807, 2.05) is 6.07 Å². The van der Waals surface area contributed by atoms with Crippen molar-refractivity contribution in [3.63, 3.8) is 0 Å². The van der Waals surface area contributed by atoms with Crippen LogP contribution in [-0.2, 0) is 11.3 Å². The number of hydrogen-bond acceptors (Lipinski definition) is 4. The molecule has 1 aromatic carbocycles. The van der Waals surface area contributed by atoms with E-state index in [0.29, 0.717) is 6.54 Å². The first kappa shape index (κ1) is 20.5. The van der Waals surface area contributed by atoms with Gasteiger partial charge in [0.15, 0.2) is 0 Å². The van der Waals surface area contributed by atoms with Crippen LogP contribution in [-0.4, -0.2) is 47.1 Å². The number of likely N-dealkylation sites (tertiary alicyclic amines) is 1. The van der Waals surface area contributed by atoms with Gasteiger partial charge in [-0.2, -0.15) is 0 Å². The van der Waals surface area contributed by atoms with Gasteiger partial charge in [-0.15, -0.1) is 13.2 Å². The van der Waals surface area contributed by atoms with Crippen LogP contribution in [0.5, 0.6) is 5.75 Å². The summed E-state index contributed by atoms with van der Waals surface area (Å²) in [4.78, 5) is 10.6. The second-order valence-electron chi connectivity index (χ2n) is 6.89. The fraction of sp³-hybridized carbons (Fsp3) is 0.611. The van der Waals surface area contributed by atoms with E-state index in [9.17, 15) is 18.3 Å². The average Bonchev–Trinajstić information content (AvgIpc) is 2.87. The van der Waals surface area contributed by atoms with Crippen molar-refractivity contribution in [2.45, 2.75) is 51.1 Å². The Labute approximate surface area is 150 Å². The molecular formula is C18H24F3NO4. The Morgan fingerprint density at radius 2 is 2.00 bits per heavy atom. The summed E-state index contributed by atoms with van der Waals surface area (Å²) in [5, 5.41) is 17.2. The molecule has 1 aliphatic heterocycles. The van der Waals surface area contributed by atoms with Crippen molar-refractivity contribution < 1.29 is 32.9 Å². The lowest BCUT2D eigenvalue weighted by atomic mass is 9.76. The molecule has 1 spiro atoms. The van der Waals surface area contributed by atoms with Crippen LogP contribution in [0.1, 0.15) is 37.7 Å². The van der Waals surface area contributed by atoms with E-state index in [1.54, 1.807) is 6.07 Å². The Balaban J connectivity index is 0.000000758. The topological polar surface area (TPSA) is 70.0 Å². The summed E-state index contributed by atoms with van der Waals surface area (Å²) >= 11 is 0. The number of carboxylic acid groups (broad SMARTS) is 1. The van der Waals surface area contributed by atoms with Gasteiger partial charge in [0.25, 0.3) is 6.47 Å². The Morgan fingerprint density at radius 3 is 2.62 bits per heavy atom. The van der Waals surface area contributed by atoms with Gasteiger partial charge in [0.1, 0.15) is 5.75 Å². The highest BCUT2D eigenvalue weighted by Crippen LogP contribution is 2.45. The molecule has 0 unspecified atom stereocenters. The van der Waals surface area contributed by atoms with Crippen molar-refractivity contribution in [1.29, 1.82) is 0 Å². The second kappa shape index (κ2) is 8.73. The number of hydrogen-bond donors (Lipinski definition) is 2. The molecule has 0 bridgehead atoms. The summed E-state index contributed by atoms with van der Waals surface area (Å²) in [5.74, 6) is -0.178. The molecule has 1 heterocycles. The van der Waals surface area contributed by atoms with Gasteiger partial charge in [0.05, 0.1) is 6.10 Å². The lowest BCUT2D eigenvalue weighted by Gasteiger charge is -2.42. The molecule has 0 radical (unpaired) electrons. The smallest absolute Gasteiger partial charge is 0.483 e. The first-order valence-corrected chi connectivity index (χ1v) is 8.61. The van der Waals surface area contributed by atoms with E-state index in [1.165, 1.54) is 12.1 Å². The summed E-state index contributed by atoms with van der Waals surface area (Å²) in [6.07, 6.45) is 0.124. The zero-order valence-electron chi connectivity index (χ0n) is 14.4. The van der Waals surface area contributed by atoms with Crippen molar-refractivity contribution in [3.8, 4) is 5.75 Å². The molecule has 8 heteroatoms. The second-order valence-corrected chi connectivity index (χ2v) is 6.89. The number of ether oxygens (including phenoxy) is 1. The predicted molar refractivity (Wildman–Crippen MR) is 88.6 cm³/mol. The van der Waals surface area contributed by atoms with E-state index in [4.69, 9.17) is 9.90 Å². The molecule has 2 N–H and O–H groups in total. The van der Waals surface area contributed by atoms with E-state index in [-0.39, 0.29) is 23.7 Å². The third-order valence-electron chi connectivity index (χ3n) is 5.08. The van der Waals surface area contributed by atoms with Crippen molar-refractivity contribution >= 4 is 6.47 Å². The number of carbonyl (C=O) groups is 1. The molecule has 2 fully saturated rings. The van der Waals surface area contributed by atoms with Crippen LogP contribution in [0.25, 0.3) is 0 Å². The van der Waals surface area contributed by atoms with E-state index >= 15 is 0 Å². The summed E-state index contributed by atoms with van der Waals surface area (Å²) in [7, 11) is 0. The van der Waals surface area contributed by atoms with Gasteiger partial charge in [0, 0.05) is 18.5 Å². The molecule has 0 aromatic heterocycles. The lowest BCUT2D eigenvalue weighted by Crippen LogP contribution is -2.46. The minimum absolute atomic E-state index is 0.0155. The Morgan fingerprint density at radius 1 is 1.31 bits per heavy atom. The lowest BCUT2D eigenvalue weighted by molar-refractivity contribution is -0.274. The number of alkyl halides is 3. The van der Waals surface area contributed by atoms with Crippen molar-refractivity contribution in [2.24, 2.45) is 5.41 Å². The van der Waals surface area contributed by atoms with Gasteiger partial charge in [-0.1, -0.05) is 18.6 Å². The number of benzene rings is 1. The third kappa shape index (κ3) is 5.60. The van der Waals surface area contributed by atoms with Crippen LogP contribution in [0, 0.1) is 5.41 Å². The zero-order valence-corrected chi connectivity index (χ0v) is 14.4. The number of nitrogens with zero attached hydrogens (tertiary/aromatic N) is 1. The van der Waals surface area contributed by atoms with Crippen LogP contribution >= 0.6 is 0 Å². The highest BCUT2D eigenvalue weighted by Gasteiger charge is 2.44. The minimum Gasteiger partial charge on any atom is -0.483 e. The predicted octanol–water partition coefficient (Wildman–Crippen LogP) is 3.41. The van der Waals surface area contributed by atoms with E-state index in [0.717, 1.165) is 50.8 Å². The van der Waals surface area contributed by atoms with E-state index < -0.39 is 6.36 Å². The molecule has 1 aliphatic carbocycles. The highest BCUT2D eigenvalue weighted by atomic mass is 19.4. The molecule has 0 amide bonds. The van der Waals surface area contributed by atoms with Crippen molar-refractivity contribution in [3.05, 3.63) is 29.8 Å². The third-order valence-corrected chi connectivity index (χ3v) is 5.08. The average molecular weight is 375 g/mol. The quantitative estimate of drug-likeness (QED) is 0.793. The molecular weight excluding hydrogens is 351 g/mol. The summed E-state index contributed by atoms with van der Waals surface area (Å²) in [6.45, 7) is 2.07. The van der Waals surface area contributed by atoms with Crippen LogP contribution in [0.2, 0.25) is 0 Å². The normalized spacial score (nSPS) is 26.2.